The summed E-state index contributed by atoms with van der Waals surface area (Å²) >= 11 is 6.03. The molecule has 4 nitrogen and oxygen atoms in total. The van der Waals surface area contributed by atoms with Crippen LogP contribution in [0.3, 0.4) is 0 Å². The Kier molecular flexibility index (Phi) is 6.84. The highest BCUT2D eigenvalue weighted by Crippen LogP contribution is 2.26. The van der Waals surface area contributed by atoms with Gasteiger partial charge in [-0.25, -0.2) is 4.79 Å². The number of carboxylic acids is 1. The van der Waals surface area contributed by atoms with E-state index in [0.29, 0.717) is 24.7 Å². The molecule has 0 saturated heterocycles. The molecule has 0 aliphatic carbocycles. The average Bonchev–Trinajstić information content (AvgIpc) is 2.42. The Labute approximate surface area is 123 Å². The van der Waals surface area contributed by atoms with Crippen molar-refractivity contribution >= 4 is 29.3 Å². The molecule has 1 aromatic rings. The van der Waals surface area contributed by atoms with E-state index < -0.39 is 5.97 Å². The van der Waals surface area contributed by atoms with E-state index in [1.165, 1.54) is 0 Å². The van der Waals surface area contributed by atoms with Gasteiger partial charge in [-0.05, 0) is 23.8 Å². The second-order valence-corrected chi connectivity index (χ2v) is 4.54. The Hall–Kier alpha value is -1.78. The van der Waals surface area contributed by atoms with Gasteiger partial charge in [0.15, 0.2) is 0 Å². The summed E-state index contributed by atoms with van der Waals surface area (Å²) in [4.78, 5) is 12.7. The molecular formula is C15H18ClNO3. The number of halogens is 1. The summed E-state index contributed by atoms with van der Waals surface area (Å²) in [5, 5.41) is 9.34. The largest absolute Gasteiger partial charge is 0.478 e. The number of methoxy groups -OCH3 is 1. The predicted molar refractivity (Wildman–Crippen MR) is 82.4 cm³/mol. The lowest BCUT2D eigenvalue weighted by atomic mass is 10.1. The van der Waals surface area contributed by atoms with Crippen LogP contribution in [-0.2, 0) is 9.53 Å². The maximum atomic E-state index is 10.7. The molecular weight excluding hydrogens is 278 g/mol. The van der Waals surface area contributed by atoms with Crippen molar-refractivity contribution in [2.24, 2.45) is 0 Å². The Morgan fingerprint density at radius 3 is 2.90 bits per heavy atom. The lowest BCUT2D eigenvalue weighted by molar-refractivity contribution is -0.131. The van der Waals surface area contributed by atoms with Crippen molar-refractivity contribution in [2.45, 2.75) is 0 Å². The van der Waals surface area contributed by atoms with Gasteiger partial charge in [0.2, 0.25) is 0 Å². The first-order valence-electron chi connectivity index (χ1n) is 6.13. The number of anilines is 1. The number of hydrogen-bond donors (Lipinski definition) is 1. The zero-order valence-corrected chi connectivity index (χ0v) is 12.1. The van der Waals surface area contributed by atoms with Gasteiger partial charge in [0, 0.05) is 37.0 Å². The Morgan fingerprint density at radius 1 is 1.55 bits per heavy atom. The highest BCUT2D eigenvalue weighted by molar-refractivity contribution is 6.31. The van der Waals surface area contributed by atoms with Crippen LogP contribution in [0.25, 0.3) is 6.08 Å². The topological polar surface area (TPSA) is 49.8 Å². The van der Waals surface area contributed by atoms with Crippen molar-refractivity contribution in [3.63, 3.8) is 0 Å². The van der Waals surface area contributed by atoms with E-state index in [4.69, 9.17) is 21.4 Å². The maximum Gasteiger partial charge on any atom is 0.328 e. The summed E-state index contributed by atoms with van der Waals surface area (Å²) in [7, 11) is 1.63. The Bertz CT molecular complexity index is 500. The lowest BCUT2D eigenvalue weighted by Gasteiger charge is -2.25. The molecule has 0 aliphatic rings. The van der Waals surface area contributed by atoms with Crippen molar-refractivity contribution in [3.8, 4) is 0 Å². The van der Waals surface area contributed by atoms with Crippen molar-refractivity contribution < 1.29 is 14.6 Å². The van der Waals surface area contributed by atoms with Crippen molar-refractivity contribution in [2.75, 3.05) is 31.7 Å². The minimum atomic E-state index is -0.988. The quantitative estimate of drug-likeness (QED) is 0.591. The molecule has 1 N–H and O–H groups in total. The summed E-state index contributed by atoms with van der Waals surface area (Å²) in [6, 6.07) is 5.33. The number of benzene rings is 1. The van der Waals surface area contributed by atoms with E-state index >= 15 is 0 Å². The van der Waals surface area contributed by atoms with Crippen LogP contribution >= 0.6 is 11.6 Å². The van der Waals surface area contributed by atoms with Gasteiger partial charge in [-0.1, -0.05) is 23.7 Å². The van der Waals surface area contributed by atoms with Crippen LogP contribution in [0.1, 0.15) is 5.56 Å². The summed E-state index contributed by atoms with van der Waals surface area (Å²) in [6.45, 7) is 5.58. The van der Waals surface area contributed by atoms with Gasteiger partial charge in [-0.2, -0.15) is 0 Å². The van der Waals surface area contributed by atoms with E-state index in [1.54, 1.807) is 31.4 Å². The average molecular weight is 296 g/mol. The SMILES string of the molecule is C=CCN(CCOC)c1cc(Cl)ccc1/C=C/C(=O)O. The fourth-order valence-electron chi connectivity index (χ4n) is 1.76. The number of rotatable bonds is 8. The Balaban J connectivity index is 3.12. The van der Waals surface area contributed by atoms with Crippen LogP contribution in [0.4, 0.5) is 5.69 Å². The number of carboxylic acid groups (broad SMARTS) is 1. The van der Waals surface area contributed by atoms with Gasteiger partial charge in [-0.15, -0.1) is 6.58 Å². The molecule has 0 aromatic heterocycles. The van der Waals surface area contributed by atoms with Gasteiger partial charge < -0.3 is 14.7 Å². The molecule has 1 aromatic carbocycles. The van der Waals surface area contributed by atoms with Gasteiger partial charge in [0.05, 0.1) is 6.61 Å². The molecule has 0 radical (unpaired) electrons. The van der Waals surface area contributed by atoms with Gasteiger partial charge in [0.1, 0.15) is 0 Å². The normalized spacial score (nSPS) is 10.7. The van der Waals surface area contributed by atoms with Crippen LogP contribution < -0.4 is 4.90 Å². The monoisotopic (exact) mass is 295 g/mol. The molecule has 0 atom stereocenters. The van der Waals surface area contributed by atoms with Crippen LogP contribution in [-0.4, -0.2) is 37.9 Å². The van der Waals surface area contributed by atoms with E-state index in [-0.39, 0.29) is 0 Å². The van der Waals surface area contributed by atoms with Crippen LogP contribution in [0.15, 0.2) is 36.9 Å². The first-order valence-corrected chi connectivity index (χ1v) is 6.51. The molecule has 0 spiro atoms. The molecule has 1 rings (SSSR count). The molecule has 0 fully saturated rings. The summed E-state index contributed by atoms with van der Waals surface area (Å²) < 4.78 is 5.09. The number of aliphatic carboxylic acids is 1. The van der Waals surface area contributed by atoms with Gasteiger partial charge in [-0.3, -0.25) is 0 Å². The number of hydrogen-bond acceptors (Lipinski definition) is 3. The third kappa shape index (κ3) is 5.07. The van der Waals surface area contributed by atoms with Gasteiger partial charge in [0.25, 0.3) is 0 Å². The second kappa shape index (κ2) is 8.40. The summed E-state index contributed by atoms with van der Waals surface area (Å²) in [5.74, 6) is -0.988. The molecule has 0 unspecified atom stereocenters. The van der Waals surface area contributed by atoms with E-state index in [1.807, 2.05) is 11.0 Å². The minimum absolute atomic E-state index is 0.558. The van der Waals surface area contributed by atoms with Crippen molar-refractivity contribution in [1.29, 1.82) is 0 Å². The van der Waals surface area contributed by atoms with Crippen LogP contribution in [0, 0.1) is 0 Å². The van der Waals surface area contributed by atoms with Crippen molar-refractivity contribution in [3.05, 3.63) is 47.5 Å². The van der Waals surface area contributed by atoms with Crippen LogP contribution in [0.2, 0.25) is 5.02 Å². The summed E-state index contributed by atoms with van der Waals surface area (Å²) in [6.07, 6.45) is 4.44. The van der Waals surface area contributed by atoms with Gasteiger partial charge >= 0.3 is 5.97 Å². The molecule has 0 amide bonds. The number of ether oxygens (including phenoxy) is 1. The number of nitrogens with zero attached hydrogens (tertiary/aromatic N) is 1. The van der Waals surface area contributed by atoms with E-state index in [2.05, 4.69) is 6.58 Å². The number of carbonyl (C=O) groups is 1. The van der Waals surface area contributed by atoms with Crippen molar-refractivity contribution in [1.82, 2.24) is 0 Å². The lowest BCUT2D eigenvalue weighted by Crippen LogP contribution is -2.27. The second-order valence-electron chi connectivity index (χ2n) is 4.10. The zero-order valence-electron chi connectivity index (χ0n) is 11.4. The third-order valence-electron chi connectivity index (χ3n) is 2.65. The van der Waals surface area contributed by atoms with Crippen LogP contribution in [0.5, 0.6) is 0 Å². The smallest absolute Gasteiger partial charge is 0.328 e. The molecule has 108 valence electrons. The highest BCUT2D eigenvalue weighted by Gasteiger charge is 2.09. The maximum absolute atomic E-state index is 10.7. The third-order valence-corrected chi connectivity index (χ3v) is 2.89. The highest BCUT2D eigenvalue weighted by atomic mass is 35.5. The van der Waals surface area contributed by atoms with E-state index in [0.717, 1.165) is 17.3 Å². The molecule has 5 heteroatoms. The standard InChI is InChI=1S/C15H18ClNO3/c1-3-8-17(9-10-20-2)14-11-13(16)6-4-12(14)5-7-15(18)19/h3-7,11H,1,8-10H2,2H3,(H,18,19)/b7-5+. The minimum Gasteiger partial charge on any atom is -0.478 e. The fraction of sp³-hybridized carbons (Fsp3) is 0.267. The molecule has 20 heavy (non-hydrogen) atoms. The molecule has 0 saturated carbocycles. The molecule has 0 bridgehead atoms. The fourth-order valence-corrected chi connectivity index (χ4v) is 1.93. The molecule has 0 heterocycles. The Morgan fingerprint density at radius 2 is 2.30 bits per heavy atom. The predicted octanol–water partition coefficient (Wildman–Crippen LogP) is 3.08. The summed E-state index contributed by atoms with van der Waals surface area (Å²) in [5.41, 5.74) is 1.64. The van der Waals surface area contributed by atoms with E-state index in [9.17, 15) is 4.79 Å². The first kappa shape index (κ1) is 16.3. The zero-order chi connectivity index (χ0) is 15.0. The first-order chi connectivity index (χ1) is 9.58. The molecule has 0 aliphatic heterocycles.